The number of hydrogen-bond donors (Lipinski definition) is 2. The van der Waals surface area contributed by atoms with Crippen molar-refractivity contribution < 1.29 is 41.8 Å². The Bertz CT molecular complexity index is 1940. The molecule has 10 nitrogen and oxygen atoms in total. The molecule has 0 saturated carbocycles. The molecular weight excluding hydrogens is 659 g/mol. The summed E-state index contributed by atoms with van der Waals surface area (Å²) in [7, 11) is 0. The number of anilines is 2. The maximum Gasteiger partial charge on any atom is 0.418 e. The molecule has 3 amide bonds. The number of fused-ring (bicyclic) bond motifs is 2. The zero-order chi connectivity index (χ0) is 33.5. The molecule has 15 heteroatoms. The normalized spacial score (nSPS) is 18.8. The molecule has 3 aromatic carbocycles. The number of esters is 1. The van der Waals surface area contributed by atoms with Crippen LogP contribution in [-0.4, -0.2) is 47.1 Å². The number of nitrogens with one attached hydrogen (secondary N) is 2. The molecule has 0 radical (unpaired) electrons. The molecular formula is C32H24F3N3O7S2. The van der Waals surface area contributed by atoms with Crippen LogP contribution in [0.15, 0.2) is 82.6 Å². The molecule has 47 heavy (non-hydrogen) atoms. The van der Waals surface area contributed by atoms with E-state index in [1.807, 2.05) is 0 Å². The van der Waals surface area contributed by atoms with Gasteiger partial charge in [-0.3, -0.25) is 19.2 Å². The standard InChI is InChI=1S/C32H24F3N3O7S2/c1-2-44-30(42)16-11-13-17(14-12-16)36-22(39)15-45-21-10-6-3-7-18(21)23-24-26(46-27-25(23)47-31(43)37-27)29(41)38(28(24)40)20-9-5-4-8-19(20)32(33,34)35/h3-14,23-24,26H,2,15H2,1H3,(H,36,39)(H,37,43)/t23-,24-,26+/m0/s1. The molecule has 6 rings (SSSR count). The Hall–Kier alpha value is -4.89. The first-order chi connectivity index (χ1) is 22.5. The minimum atomic E-state index is -4.83. The van der Waals surface area contributed by atoms with Crippen LogP contribution < -0.4 is 19.8 Å². The lowest BCUT2D eigenvalue weighted by Gasteiger charge is -2.30. The number of nitrogens with zero attached hydrogens (tertiary/aromatic N) is 1. The first-order valence-electron chi connectivity index (χ1n) is 14.2. The van der Waals surface area contributed by atoms with E-state index >= 15 is 0 Å². The van der Waals surface area contributed by atoms with Gasteiger partial charge in [-0.05, 0) is 49.4 Å². The van der Waals surface area contributed by atoms with Crippen molar-refractivity contribution in [1.82, 2.24) is 4.98 Å². The van der Waals surface area contributed by atoms with Gasteiger partial charge < -0.3 is 19.8 Å². The van der Waals surface area contributed by atoms with Crippen LogP contribution in [0.5, 0.6) is 5.75 Å². The summed E-state index contributed by atoms with van der Waals surface area (Å²) < 4.78 is 52.7. The van der Waals surface area contributed by atoms with Crippen molar-refractivity contribution in [2.24, 2.45) is 5.92 Å². The second-order valence-corrected chi connectivity index (χ2v) is 12.6. The lowest BCUT2D eigenvalue weighted by atomic mass is 9.82. The number of rotatable bonds is 8. The Kier molecular flexibility index (Phi) is 8.68. The van der Waals surface area contributed by atoms with Gasteiger partial charge in [0.25, 0.3) is 5.91 Å². The van der Waals surface area contributed by atoms with Gasteiger partial charge >= 0.3 is 17.0 Å². The summed E-state index contributed by atoms with van der Waals surface area (Å²) in [6, 6.07) is 16.9. The van der Waals surface area contributed by atoms with Gasteiger partial charge in [-0.1, -0.05) is 53.4 Å². The number of H-pyrrole nitrogens is 1. The summed E-state index contributed by atoms with van der Waals surface area (Å²) in [4.78, 5) is 68.1. The third kappa shape index (κ3) is 6.15. The van der Waals surface area contributed by atoms with Crippen LogP contribution in [-0.2, 0) is 25.3 Å². The van der Waals surface area contributed by atoms with E-state index in [0.717, 1.165) is 35.2 Å². The lowest BCUT2D eigenvalue weighted by molar-refractivity contribution is -0.137. The smallest absolute Gasteiger partial charge is 0.418 e. The predicted molar refractivity (Wildman–Crippen MR) is 167 cm³/mol. The fraction of sp³-hybridized carbons (Fsp3) is 0.219. The van der Waals surface area contributed by atoms with Gasteiger partial charge in [-0.15, -0.1) is 0 Å². The van der Waals surface area contributed by atoms with Crippen molar-refractivity contribution in [3.05, 3.63) is 104 Å². The first-order valence-corrected chi connectivity index (χ1v) is 15.9. The molecule has 1 saturated heterocycles. The number of ether oxygens (including phenoxy) is 2. The van der Waals surface area contributed by atoms with E-state index in [2.05, 4.69) is 10.3 Å². The van der Waals surface area contributed by atoms with E-state index in [1.165, 1.54) is 36.4 Å². The number of thioether (sulfide) groups is 1. The molecule has 0 bridgehead atoms. The Balaban J connectivity index is 1.29. The van der Waals surface area contributed by atoms with Gasteiger partial charge in [0.1, 0.15) is 11.0 Å². The van der Waals surface area contributed by atoms with Crippen molar-refractivity contribution in [2.45, 2.75) is 29.3 Å². The molecule has 2 N–H and O–H groups in total. The second kappa shape index (κ2) is 12.7. The summed E-state index contributed by atoms with van der Waals surface area (Å²) in [5.41, 5.74) is -0.626. The quantitative estimate of drug-likeness (QED) is 0.185. The van der Waals surface area contributed by atoms with E-state index in [-0.39, 0.29) is 12.4 Å². The molecule has 2 aliphatic heterocycles. The van der Waals surface area contributed by atoms with Crippen molar-refractivity contribution in [2.75, 3.05) is 23.4 Å². The van der Waals surface area contributed by atoms with Crippen molar-refractivity contribution in [3.8, 4) is 5.75 Å². The molecule has 1 fully saturated rings. The molecule has 1 aromatic heterocycles. The van der Waals surface area contributed by atoms with Crippen LogP contribution in [0.3, 0.4) is 0 Å². The number of halogens is 3. The van der Waals surface area contributed by atoms with Crippen LogP contribution in [0.4, 0.5) is 24.5 Å². The highest BCUT2D eigenvalue weighted by Crippen LogP contribution is 2.55. The van der Waals surface area contributed by atoms with Crippen molar-refractivity contribution >= 4 is 58.2 Å². The maximum atomic E-state index is 14.0. The summed E-state index contributed by atoms with van der Waals surface area (Å²) in [6.45, 7) is 1.43. The SMILES string of the molecule is CCOC(=O)c1ccc(NC(=O)COc2ccccc2[C@@H]2c3sc(=O)[nH]c3S[C@H]3C(=O)N(c4ccccc4C(F)(F)F)C(=O)[C@@H]23)cc1. The van der Waals surface area contributed by atoms with Crippen molar-refractivity contribution in [3.63, 3.8) is 0 Å². The Morgan fingerprint density at radius 1 is 0.957 bits per heavy atom. The largest absolute Gasteiger partial charge is 0.483 e. The number of aromatic amines is 1. The highest BCUT2D eigenvalue weighted by atomic mass is 32.2. The van der Waals surface area contributed by atoms with E-state index in [4.69, 9.17) is 9.47 Å². The van der Waals surface area contributed by atoms with Crippen LogP contribution >= 0.6 is 23.1 Å². The molecule has 4 aromatic rings. The molecule has 0 unspecified atom stereocenters. The number of aromatic nitrogens is 1. The van der Waals surface area contributed by atoms with Gasteiger partial charge in [-0.25, -0.2) is 9.69 Å². The number of benzene rings is 3. The number of hydrogen-bond acceptors (Lipinski definition) is 9. The number of amides is 3. The molecule has 242 valence electrons. The number of carbonyl (C=O) groups excluding carboxylic acids is 4. The Morgan fingerprint density at radius 3 is 2.38 bits per heavy atom. The Morgan fingerprint density at radius 2 is 1.66 bits per heavy atom. The molecule has 0 aliphatic carbocycles. The number of para-hydroxylation sites is 2. The van der Waals surface area contributed by atoms with Gasteiger partial charge in [0, 0.05) is 22.0 Å². The van der Waals surface area contributed by atoms with Crippen LogP contribution in [0.25, 0.3) is 0 Å². The van der Waals surface area contributed by atoms with Crippen molar-refractivity contribution in [1.29, 1.82) is 0 Å². The van der Waals surface area contributed by atoms with E-state index in [9.17, 15) is 37.1 Å². The van der Waals surface area contributed by atoms with Gasteiger partial charge in [0.15, 0.2) is 6.61 Å². The highest BCUT2D eigenvalue weighted by molar-refractivity contribution is 8.00. The van der Waals surface area contributed by atoms with Gasteiger partial charge in [0.05, 0.1) is 34.4 Å². The predicted octanol–water partition coefficient (Wildman–Crippen LogP) is 5.45. The monoisotopic (exact) mass is 683 g/mol. The molecule has 3 atom stereocenters. The first kappa shape index (κ1) is 32.1. The number of alkyl halides is 3. The minimum absolute atomic E-state index is 0.178. The van der Waals surface area contributed by atoms with E-state index in [1.54, 1.807) is 31.2 Å². The number of imide groups is 1. The van der Waals surface area contributed by atoms with Gasteiger partial charge in [-0.2, -0.15) is 13.2 Å². The summed E-state index contributed by atoms with van der Waals surface area (Å²) >= 11 is 1.76. The fourth-order valence-corrected chi connectivity index (χ4v) is 8.12. The molecule has 3 heterocycles. The van der Waals surface area contributed by atoms with Gasteiger partial charge in [0.2, 0.25) is 11.8 Å². The summed E-state index contributed by atoms with van der Waals surface area (Å²) in [5, 5.41) is 1.85. The minimum Gasteiger partial charge on any atom is -0.483 e. The number of carbonyl (C=O) groups is 4. The zero-order valence-corrected chi connectivity index (χ0v) is 26.0. The topological polar surface area (TPSA) is 135 Å². The lowest BCUT2D eigenvalue weighted by Crippen LogP contribution is -2.33. The summed E-state index contributed by atoms with van der Waals surface area (Å²) in [5.74, 6) is -4.68. The average Bonchev–Trinajstić information content (AvgIpc) is 3.54. The zero-order valence-electron chi connectivity index (χ0n) is 24.3. The molecule has 0 spiro atoms. The summed E-state index contributed by atoms with van der Waals surface area (Å²) in [6.07, 6.45) is -4.83. The fourth-order valence-electron chi connectivity index (χ4n) is 5.61. The molecule has 2 aliphatic rings. The van der Waals surface area contributed by atoms with Crippen LogP contribution in [0.2, 0.25) is 0 Å². The third-order valence-corrected chi connectivity index (χ3v) is 9.97. The maximum absolute atomic E-state index is 14.0. The van der Waals surface area contributed by atoms with Crippen LogP contribution in [0, 0.1) is 5.92 Å². The second-order valence-electron chi connectivity index (χ2n) is 10.4. The van der Waals surface area contributed by atoms with E-state index < -0.39 is 69.7 Å². The highest BCUT2D eigenvalue weighted by Gasteiger charge is 2.57. The third-order valence-electron chi connectivity index (χ3n) is 7.57. The van der Waals surface area contributed by atoms with Crippen LogP contribution in [0.1, 0.15) is 39.2 Å². The van der Waals surface area contributed by atoms with E-state index in [0.29, 0.717) is 31.6 Å². The Labute approximate surface area is 272 Å². The number of thiazole rings is 1. The average molecular weight is 684 g/mol.